The average Bonchev–Trinajstić information content (AvgIpc) is 2.86. The third kappa shape index (κ3) is 2.73. The van der Waals surface area contributed by atoms with Crippen LogP contribution in [0.15, 0.2) is 0 Å². The molecule has 1 saturated heterocycles. The van der Waals surface area contributed by atoms with Gasteiger partial charge in [0.25, 0.3) is 0 Å². The van der Waals surface area contributed by atoms with Crippen molar-refractivity contribution >= 4 is 11.6 Å². The fourth-order valence-corrected chi connectivity index (χ4v) is 3.78. The maximum Gasteiger partial charge on any atom is 0.0687 e. The molecule has 2 rings (SSSR count). The fourth-order valence-electron chi connectivity index (χ4n) is 3.30. The molecular formula is C14H25ClO. The van der Waals surface area contributed by atoms with Gasteiger partial charge in [-0.1, -0.05) is 26.7 Å². The summed E-state index contributed by atoms with van der Waals surface area (Å²) in [4.78, 5) is 0. The third-order valence-electron chi connectivity index (χ3n) is 4.56. The second kappa shape index (κ2) is 5.27. The van der Waals surface area contributed by atoms with Crippen LogP contribution in [-0.2, 0) is 4.74 Å². The molecule has 2 atom stereocenters. The summed E-state index contributed by atoms with van der Waals surface area (Å²) in [5, 5.41) is 0. The number of rotatable bonds is 4. The Labute approximate surface area is 105 Å². The van der Waals surface area contributed by atoms with E-state index in [0.717, 1.165) is 5.88 Å². The quantitative estimate of drug-likeness (QED) is 0.667. The Balaban J connectivity index is 1.84. The van der Waals surface area contributed by atoms with Crippen molar-refractivity contribution in [2.75, 3.05) is 5.88 Å². The largest absolute Gasteiger partial charge is 0.372 e. The van der Waals surface area contributed by atoms with E-state index in [1.165, 1.54) is 44.9 Å². The van der Waals surface area contributed by atoms with E-state index in [0.29, 0.717) is 23.5 Å². The lowest BCUT2D eigenvalue weighted by Gasteiger charge is -2.26. The zero-order valence-corrected chi connectivity index (χ0v) is 11.4. The van der Waals surface area contributed by atoms with Gasteiger partial charge in [0, 0.05) is 5.88 Å². The predicted molar refractivity (Wildman–Crippen MR) is 69.0 cm³/mol. The molecule has 2 fully saturated rings. The van der Waals surface area contributed by atoms with E-state index < -0.39 is 0 Å². The van der Waals surface area contributed by atoms with Crippen LogP contribution in [0.4, 0.5) is 0 Å². The van der Waals surface area contributed by atoms with Crippen molar-refractivity contribution in [3.8, 4) is 0 Å². The van der Waals surface area contributed by atoms with E-state index in [1.807, 2.05) is 0 Å². The molecule has 0 aromatic rings. The number of hydrogen-bond donors (Lipinski definition) is 0. The molecule has 94 valence electrons. The van der Waals surface area contributed by atoms with Gasteiger partial charge >= 0.3 is 0 Å². The highest BCUT2D eigenvalue weighted by atomic mass is 35.5. The maximum atomic E-state index is 6.33. The smallest absolute Gasteiger partial charge is 0.0687 e. The normalized spacial score (nSPS) is 30.4. The molecular weight excluding hydrogens is 220 g/mol. The summed E-state index contributed by atoms with van der Waals surface area (Å²) in [6, 6.07) is 0. The second-order valence-electron chi connectivity index (χ2n) is 6.06. The Morgan fingerprint density at radius 1 is 1.25 bits per heavy atom. The van der Waals surface area contributed by atoms with E-state index in [-0.39, 0.29) is 0 Å². The van der Waals surface area contributed by atoms with Crippen molar-refractivity contribution in [2.45, 2.75) is 70.5 Å². The molecule has 2 aliphatic rings. The van der Waals surface area contributed by atoms with Gasteiger partial charge in [0.15, 0.2) is 0 Å². The predicted octanol–water partition coefficient (Wildman–Crippen LogP) is 4.38. The Hall–Kier alpha value is 0.250. The Bertz CT molecular complexity index is 221. The van der Waals surface area contributed by atoms with Gasteiger partial charge in [0.2, 0.25) is 0 Å². The van der Waals surface area contributed by atoms with E-state index in [9.17, 15) is 0 Å². The first-order valence-corrected chi connectivity index (χ1v) is 7.42. The summed E-state index contributed by atoms with van der Waals surface area (Å²) >= 11 is 6.04. The molecule has 1 spiro atoms. The lowest BCUT2D eigenvalue weighted by Crippen LogP contribution is -2.26. The van der Waals surface area contributed by atoms with Crippen LogP contribution in [0.1, 0.15) is 58.8 Å². The molecule has 0 amide bonds. The molecule has 0 radical (unpaired) electrons. The van der Waals surface area contributed by atoms with Crippen molar-refractivity contribution in [1.29, 1.82) is 0 Å². The molecule has 0 N–H and O–H groups in total. The van der Waals surface area contributed by atoms with Crippen LogP contribution < -0.4 is 0 Å². The number of hydrogen-bond acceptors (Lipinski definition) is 1. The minimum absolute atomic E-state index is 0.290. The summed E-state index contributed by atoms with van der Waals surface area (Å²) in [6.45, 7) is 4.54. The first-order valence-electron chi connectivity index (χ1n) is 6.89. The van der Waals surface area contributed by atoms with Gasteiger partial charge in [-0.05, 0) is 43.9 Å². The van der Waals surface area contributed by atoms with Gasteiger partial charge in [0.05, 0.1) is 11.7 Å². The molecule has 1 aliphatic heterocycles. The molecule has 1 nitrogen and oxygen atoms in total. The fraction of sp³-hybridized carbons (Fsp3) is 1.00. The highest BCUT2D eigenvalue weighted by Gasteiger charge is 2.42. The van der Waals surface area contributed by atoms with Gasteiger partial charge in [-0.2, -0.15) is 0 Å². The van der Waals surface area contributed by atoms with Crippen LogP contribution in [0, 0.1) is 11.8 Å². The minimum atomic E-state index is 0.290. The minimum Gasteiger partial charge on any atom is -0.372 e. The zero-order chi connectivity index (χ0) is 11.6. The molecule has 0 bridgehead atoms. The molecule has 16 heavy (non-hydrogen) atoms. The van der Waals surface area contributed by atoms with Gasteiger partial charge in [-0.25, -0.2) is 0 Å². The highest BCUT2D eigenvalue weighted by Crippen LogP contribution is 2.44. The van der Waals surface area contributed by atoms with Crippen molar-refractivity contribution < 1.29 is 4.74 Å². The van der Waals surface area contributed by atoms with Gasteiger partial charge in [-0.3, -0.25) is 0 Å². The first-order chi connectivity index (χ1) is 7.65. The summed E-state index contributed by atoms with van der Waals surface area (Å²) in [5.74, 6) is 2.09. The van der Waals surface area contributed by atoms with E-state index in [2.05, 4.69) is 13.8 Å². The van der Waals surface area contributed by atoms with Gasteiger partial charge in [-0.15, -0.1) is 11.6 Å². The van der Waals surface area contributed by atoms with Crippen LogP contribution in [0.3, 0.4) is 0 Å². The Morgan fingerprint density at radius 2 is 1.94 bits per heavy atom. The lowest BCUT2D eigenvalue weighted by molar-refractivity contribution is -0.0451. The first kappa shape index (κ1) is 12.7. The monoisotopic (exact) mass is 244 g/mol. The number of ether oxygens (including phenoxy) is 1. The average molecular weight is 245 g/mol. The van der Waals surface area contributed by atoms with E-state index in [1.54, 1.807) is 0 Å². The third-order valence-corrected chi connectivity index (χ3v) is 4.96. The topological polar surface area (TPSA) is 9.23 Å². The van der Waals surface area contributed by atoms with Crippen LogP contribution in [0.25, 0.3) is 0 Å². The van der Waals surface area contributed by atoms with Gasteiger partial charge < -0.3 is 4.74 Å². The Morgan fingerprint density at radius 3 is 2.50 bits per heavy atom. The SMILES string of the molecule is CC(C)C(CCl)CC1CCC2(CCCC2)O1. The summed E-state index contributed by atoms with van der Waals surface area (Å²) in [7, 11) is 0. The maximum absolute atomic E-state index is 6.33. The van der Waals surface area contributed by atoms with Gasteiger partial charge in [0.1, 0.15) is 0 Å². The van der Waals surface area contributed by atoms with Crippen molar-refractivity contribution in [2.24, 2.45) is 11.8 Å². The Kier molecular flexibility index (Phi) is 4.18. The van der Waals surface area contributed by atoms with E-state index >= 15 is 0 Å². The zero-order valence-electron chi connectivity index (χ0n) is 10.7. The van der Waals surface area contributed by atoms with Crippen LogP contribution in [0.2, 0.25) is 0 Å². The van der Waals surface area contributed by atoms with Crippen molar-refractivity contribution in [1.82, 2.24) is 0 Å². The van der Waals surface area contributed by atoms with Crippen molar-refractivity contribution in [3.63, 3.8) is 0 Å². The summed E-state index contributed by atoms with van der Waals surface area (Å²) in [5.41, 5.74) is 0.290. The number of halogens is 1. The molecule has 2 heteroatoms. The van der Waals surface area contributed by atoms with Crippen LogP contribution >= 0.6 is 11.6 Å². The summed E-state index contributed by atoms with van der Waals surface area (Å²) in [6.07, 6.45) is 9.57. The standard InChI is InChI=1S/C14H25ClO/c1-11(2)12(10-15)9-13-5-8-14(16-13)6-3-4-7-14/h11-13H,3-10H2,1-2H3. The molecule has 0 aromatic heterocycles. The lowest BCUT2D eigenvalue weighted by atomic mass is 9.90. The second-order valence-corrected chi connectivity index (χ2v) is 6.37. The molecule has 1 saturated carbocycles. The van der Waals surface area contributed by atoms with Crippen molar-refractivity contribution in [3.05, 3.63) is 0 Å². The van der Waals surface area contributed by atoms with Crippen LogP contribution in [-0.4, -0.2) is 17.6 Å². The molecule has 2 unspecified atom stereocenters. The molecule has 1 aliphatic carbocycles. The van der Waals surface area contributed by atoms with E-state index in [4.69, 9.17) is 16.3 Å². The molecule has 1 heterocycles. The highest BCUT2D eigenvalue weighted by molar-refractivity contribution is 6.18. The van der Waals surface area contributed by atoms with Crippen LogP contribution in [0.5, 0.6) is 0 Å². The molecule has 0 aromatic carbocycles. The summed E-state index contributed by atoms with van der Waals surface area (Å²) < 4.78 is 6.33. The number of alkyl halides is 1.